The Kier molecular flexibility index (Phi) is 5.86. The van der Waals surface area contributed by atoms with Crippen molar-refractivity contribution < 1.29 is 14.3 Å². The first-order valence-electron chi connectivity index (χ1n) is 6.60. The van der Waals surface area contributed by atoms with Crippen LogP contribution in [-0.4, -0.2) is 25.2 Å². The molecule has 0 aromatic heterocycles. The zero-order valence-corrected chi connectivity index (χ0v) is 14.4. The molecule has 20 heavy (non-hydrogen) atoms. The van der Waals surface area contributed by atoms with Gasteiger partial charge < -0.3 is 14.8 Å². The van der Waals surface area contributed by atoms with E-state index in [1.54, 1.807) is 6.92 Å². The molecule has 0 heterocycles. The van der Waals surface area contributed by atoms with Crippen molar-refractivity contribution in [3.8, 4) is 5.75 Å². The summed E-state index contributed by atoms with van der Waals surface area (Å²) < 4.78 is 12.0. The highest BCUT2D eigenvalue weighted by Crippen LogP contribution is 2.35. The highest BCUT2D eigenvalue weighted by molar-refractivity contribution is 9.11. The van der Waals surface area contributed by atoms with Gasteiger partial charge in [0.2, 0.25) is 0 Å². The number of ether oxygens (including phenoxy) is 2. The topological polar surface area (TPSA) is 47.6 Å². The molecule has 1 aliphatic rings. The normalized spacial score (nSPS) is 14.2. The van der Waals surface area contributed by atoms with Crippen LogP contribution in [0.15, 0.2) is 21.1 Å². The summed E-state index contributed by atoms with van der Waals surface area (Å²) >= 11 is 6.95. The first-order chi connectivity index (χ1) is 9.60. The zero-order chi connectivity index (χ0) is 14.5. The molecule has 2 rings (SSSR count). The molecule has 0 atom stereocenters. The first kappa shape index (κ1) is 15.8. The predicted molar refractivity (Wildman–Crippen MR) is 83.8 cm³/mol. The Hall–Kier alpha value is -0.590. The van der Waals surface area contributed by atoms with Crippen LogP contribution in [0.3, 0.4) is 0 Å². The maximum atomic E-state index is 11.3. The number of carbonyl (C=O) groups is 1. The standard InChI is InChI=1S/C14H17Br2NO3/c1-2-19-13(18)8-20-14-11(15)5-9(6-12(14)16)7-17-10-3-4-10/h5-6,10,17H,2-4,7-8H2,1H3. The van der Waals surface area contributed by atoms with Crippen LogP contribution in [0.1, 0.15) is 25.3 Å². The molecule has 4 nitrogen and oxygen atoms in total. The van der Waals surface area contributed by atoms with Crippen LogP contribution < -0.4 is 10.1 Å². The third-order valence-electron chi connectivity index (χ3n) is 2.87. The lowest BCUT2D eigenvalue weighted by molar-refractivity contribution is -0.145. The summed E-state index contributed by atoms with van der Waals surface area (Å²) in [6, 6.07) is 4.67. The van der Waals surface area contributed by atoms with E-state index in [2.05, 4.69) is 37.2 Å². The van der Waals surface area contributed by atoms with E-state index in [9.17, 15) is 4.79 Å². The van der Waals surface area contributed by atoms with Crippen molar-refractivity contribution in [2.75, 3.05) is 13.2 Å². The zero-order valence-electron chi connectivity index (χ0n) is 11.2. The van der Waals surface area contributed by atoms with Gasteiger partial charge in [-0.3, -0.25) is 0 Å². The number of hydrogen-bond acceptors (Lipinski definition) is 4. The number of halogens is 2. The number of rotatable bonds is 7. The minimum absolute atomic E-state index is 0.0925. The molecule has 1 saturated carbocycles. The molecule has 1 aromatic rings. The number of carbonyl (C=O) groups excluding carboxylic acids is 1. The molecule has 0 bridgehead atoms. The minimum atomic E-state index is -0.370. The summed E-state index contributed by atoms with van der Waals surface area (Å²) in [6.45, 7) is 2.87. The molecule has 0 unspecified atom stereocenters. The monoisotopic (exact) mass is 405 g/mol. The largest absolute Gasteiger partial charge is 0.480 e. The Morgan fingerprint density at radius 1 is 1.35 bits per heavy atom. The van der Waals surface area contributed by atoms with Gasteiger partial charge in [0, 0.05) is 12.6 Å². The van der Waals surface area contributed by atoms with Crippen LogP contribution in [0.4, 0.5) is 0 Å². The fourth-order valence-electron chi connectivity index (χ4n) is 1.74. The predicted octanol–water partition coefficient (Wildman–Crippen LogP) is 3.41. The fraction of sp³-hybridized carbons (Fsp3) is 0.500. The van der Waals surface area contributed by atoms with E-state index >= 15 is 0 Å². The number of benzene rings is 1. The Labute approximate surface area is 135 Å². The van der Waals surface area contributed by atoms with Gasteiger partial charge in [-0.1, -0.05) is 0 Å². The van der Waals surface area contributed by atoms with Gasteiger partial charge in [-0.25, -0.2) is 4.79 Å². The van der Waals surface area contributed by atoms with Crippen molar-refractivity contribution in [3.05, 3.63) is 26.6 Å². The molecule has 110 valence electrons. The third-order valence-corrected chi connectivity index (χ3v) is 4.05. The molecule has 0 aliphatic heterocycles. The number of hydrogen-bond donors (Lipinski definition) is 1. The van der Waals surface area contributed by atoms with Gasteiger partial charge in [-0.05, 0) is 69.3 Å². The first-order valence-corrected chi connectivity index (χ1v) is 8.18. The van der Waals surface area contributed by atoms with Crippen molar-refractivity contribution in [3.63, 3.8) is 0 Å². The second-order valence-corrected chi connectivity index (χ2v) is 6.35. The second kappa shape index (κ2) is 7.43. The smallest absolute Gasteiger partial charge is 0.344 e. The maximum absolute atomic E-state index is 11.3. The van der Waals surface area contributed by atoms with Gasteiger partial charge in [-0.2, -0.15) is 0 Å². The van der Waals surface area contributed by atoms with E-state index in [-0.39, 0.29) is 12.6 Å². The quantitative estimate of drug-likeness (QED) is 0.705. The summed E-state index contributed by atoms with van der Waals surface area (Å²) in [5.41, 5.74) is 1.17. The molecular formula is C14H17Br2NO3. The van der Waals surface area contributed by atoms with Crippen LogP contribution in [0, 0.1) is 0 Å². The number of nitrogens with one attached hydrogen (secondary N) is 1. The van der Waals surface area contributed by atoms with Crippen LogP contribution in [0.5, 0.6) is 5.75 Å². The van der Waals surface area contributed by atoms with Gasteiger partial charge in [-0.15, -0.1) is 0 Å². The summed E-state index contributed by atoms with van der Waals surface area (Å²) in [7, 11) is 0. The average molecular weight is 407 g/mol. The van der Waals surface area contributed by atoms with Crippen LogP contribution >= 0.6 is 31.9 Å². The van der Waals surface area contributed by atoms with E-state index in [1.165, 1.54) is 18.4 Å². The lowest BCUT2D eigenvalue weighted by Gasteiger charge is -2.12. The average Bonchev–Trinajstić information content (AvgIpc) is 3.19. The Morgan fingerprint density at radius 2 is 2.00 bits per heavy atom. The van der Waals surface area contributed by atoms with E-state index in [1.807, 2.05) is 12.1 Å². The Morgan fingerprint density at radius 3 is 2.55 bits per heavy atom. The van der Waals surface area contributed by atoms with Crippen molar-refractivity contribution in [1.82, 2.24) is 5.32 Å². The van der Waals surface area contributed by atoms with Crippen molar-refractivity contribution in [2.45, 2.75) is 32.4 Å². The van der Waals surface area contributed by atoms with Gasteiger partial charge in [0.15, 0.2) is 6.61 Å². The van der Waals surface area contributed by atoms with Crippen molar-refractivity contribution >= 4 is 37.8 Å². The lowest BCUT2D eigenvalue weighted by atomic mass is 10.2. The van der Waals surface area contributed by atoms with Crippen LogP contribution in [0.25, 0.3) is 0 Å². The van der Waals surface area contributed by atoms with Crippen molar-refractivity contribution in [2.24, 2.45) is 0 Å². The van der Waals surface area contributed by atoms with Crippen LogP contribution in [-0.2, 0) is 16.1 Å². The molecule has 1 aromatic carbocycles. The highest BCUT2D eigenvalue weighted by Gasteiger charge is 2.20. The van der Waals surface area contributed by atoms with E-state index < -0.39 is 0 Å². The SMILES string of the molecule is CCOC(=O)COc1c(Br)cc(CNC2CC2)cc1Br. The summed E-state index contributed by atoms with van der Waals surface area (Å²) in [6.07, 6.45) is 2.53. The molecule has 0 spiro atoms. The minimum Gasteiger partial charge on any atom is -0.480 e. The van der Waals surface area contributed by atoms with Crippen molar-refractivity contribution in [1.29, 1.82) is 0 Å². The molecular weight excluding hydrogens is 390 g/mol. The van der Waals surface area contributed by atoms with Gasteiger partial charge in [0.1, 0.15) is 5.75 Å². The van der Waals surface area contributed by atoms with E-state index in [4.69, 9.17) is 9.47 Å². The molecule has 0 amide bonds. The maximum Gasteiger partial charge on any atom is 0.344 e. The summed E-state index contributed by atoms with van der Waals surface area (Å²) in [5.74, 6) is 0.249. The van der Waals surface area contributed by atoms with Crippen LogP contribution in [0.2, 0.25) is 0 Å². The summed E-state index contributed by atoms with van der Waals surface area (Å²) in [4.78, 5) is 11.3. The molecule has 1 fully saturated rings. The Balaban J connectivity index is 1.96. The van der Waals surface area contributed by atoms with Gasteiger partial charge in [0.05, 0.1) is 15.6 Å². The van der Waals surface area contributed by atoms with E-state index in [0.29, 0.717) is 18.4 Å². The Bertz CT molecular complexity index is 466. The highest BCUT2D eigenvalue weighted by atomic mass is 79.9. The molecule has 0 radical (unpaired) electrons. The summed E-state index contributed by atoms with van der Waals surface area (Å²) in [5, 5.41) is 3.46. The van der Waals surface area contributed by atoms with Gasteiger partial charge in [0.25, 0.3) is 0 Å². The molecule has 0 saturated heterocycles. The number of esters is 1. The van der Waals surface area contributed by atoms with Gasteiger partial charge >= 0.3 is 5.97 Å². The third kappa shape index (κ3) is 4.75. The second-order valence-electron chi connectivity index (χ2n) is 4.64. The van der Waals surface area contributed by atoms with E-state index in [0.717, 1.165) is 15.5 Å². The molecule has 6 heteroatoms. The molecule has 1 N–H and O–H groups in total. The molecule has 1 aliphatic carbocycles. The lowest BCUT2D eigenvalue weighted by Crippen LogP contribution is -2.16. The fourth-order valence-corrected chi connectivity index (χ4v) is 3.25.